The van der Waals surface area contributed by atoms with Crippen LogP contribution in [0.5, 0.6) is 0 Å². The summed E-state index contributed by atoms with van der Waals surface area (Å²) >= 11 is 0. The van der Waals surface area contributed by atoms with Crippen LogP contribution in [-0.4, -0.2) is 0 Å². The average molecular weight is 196 g/mol. The molecule has 1 aliphatic rings. The van der Waals surface area contributed by atoms with E-state index in [2.05, 4.69) is 27.7 Å². The largest absolute Gasteiger partial charge is 0.0654 e. The Morgan fingerprint density at radius 1 is 1.00 bits per heavy atom. The Hall–Kier alpha value is 0. The molecule has 4 atom stereocenters. The molecule has 0 aromatic rings. The molecule has 0 nitrogen and oxygen atoms in total. The fourth-order valence-electron chi connectivity index (χ4n) is 2.94. The maximum absolute atomic E-state index is 2.46. The molecule has 4 unspecified atom stereocenters. The number of hydrogen-bond acceptors (Lipinski definition) is 0. The van der Waals surface area contributed by atoms with Crippen molar-refractivity contribution < 1.29 is 0 Å². The predicted molar refractivity (Wildman–Crippen MR) is 64.4 cm³/mol. The molecule has 14 heavy (non-hydrogen) atoms. The summed E-state index contributed by atoms with van der Waals surface area (Å²) in [6, 6.07) is 0. The van der Waals surface area contributed by atoms with Gasteiger partial charge in [0.15, 0.2) is 0 Å². The fourth-order valence-corrected chi connectivity index (χ4v) is 2.94. The van der Waals surface area contributed by atoms with Crippen LogP contribution in [0.25, 0.3) is 0 Å². The van der Waals surface area contributed by atoms with Crippen LogP contribution >= 0.6 is 0 Å². The molecule has 0 aromatic carbocycles. The maximum Gasteiger partial charge on any atom is -0.0383 e. The van der Waals surface area contributed by atoms with Crippen molar-refractivity contribution in [3.8, 4) is 0 Å². The third-order valence-corrected chi connectivity index (χ3v) is 4.49. The Morgan fingerprint density at radius 3 is 2.07 bits per heavy atom. The lowest BCUT2D eigenvalue weighted by Gasteiger charge is -2.39. The summed E-state index contributed by atoms with van der Waals surface area (Å²) < 4.78 is 0. The van der Waals surface area contributed by atoms with E-state index in [9.17, 15) is 0 Å². The molecule has 0 amide bonds. The van der Waals surface area contributed by atoms with Gasteiger partial charge in [0.1, 0.15) is 0 Å². The molecule has 0 radical (unpaired) electrons. The van der Waals surface area contributed by atoms with Crippen LogP contribution in [0.3, 0.4) is 0 Å². The van der Waals surface area contributed by atoms with Crippen molar-refractivity contribution >= 4 is 0 Å². The molecule has 1 aliphatic carbocycles. The highest BCUT2D eigenvalue weighted by Gasteiger charge is 2.30. The zero-order valence-electron chi connectivity index (χ0n) is 10.6. The van der Waals surface area contributed by atoms with Gasteiger partial charge in [-0.05, 0) is 42.9 Å². The normalized spacial score (nSPS) is 30.9. The molecular weight excluding hydrogens is 168 g/mol. The number of hydrogen-bond donors (Lipinski definition) is 0. The van der Waals surface area contributed by atoms with Crippen LogP contribution in [0, 0.1) is 23.7 Å². The average Bonchev–Trinajstić information content (AvgIpc) is 2.13. The first kappa shape index (κ1) is 12.1. The van der Waals surface area contributed by atoms with E-state index in [1.165, 1.54) is 38.5 Å². The van der Waals surface area contributed by atoms with Gasteiger partial charge in [0.2, 0.25) is 0 Å². The van der Waals surface area contributed by atoms with Crippen molar-refractivity contribution in [3.05, 3.63) is 0 Å². The minimum absolute atomic E-state index is 0.943. The van der Waals surface area contributed by atoms with Gasteiger partial charge < -0.3 is 0 Å². The van der Waals surface area contributed by atoms with E-state index in [0.717, 1.165) is 23.7 Å². The Kier molecular flexibility index (Phi) is 4.98. The van der Waals surface area contributed by atoms with Crippen molar-refractivity contribution in [1.82, 2.24) is 0 Å². The van der Waals surface area contributed by atoms with Gasteiger partial charge in [0.05, 0.1) is 0 Å². The molecule has 1 rings (SSSR count). The lowest BCUT2D eigenvalue weighted by atomic mass is 9.67. The van der Waals surface area contributed by atoms with E-state index >= 15 is 0 Å². The first-order chi connectivity index (χ1) is 6.69. The molecule has 0 N–H and O–H groups in total. The van der Waals surface area contributed by atoms with Gasteiger partial charge in [-0.2, -0.15) is 0 Å². The summed E-state index contributed by atoms with van der Waals surface area (Å²) in [5, 5.41) is 0. The Balaban J connectivity index is 2.22. The van der Waals surface area contributed by atoms with Crippen LogP contribution in [0.1, 0.15) is 66.2 Å². The second-order valence-corrected chi connectivity index (χ2v) is 5.48. The first-order valence-electron chi connectivity index (χ1n) is 6.69. The second-order valence-electron chi connectivity index (χ2n) is 5.48. The van der Waals surface area contributed by atoms with Crippen LogP contribution in [0.2, 0.25) is 0 Å². The van der Waals surface area contributed by atoms with E-state index in [0.29, 0.717) is 0 Å². The van der Waals surface area contributed by atoms with Gasteiger partial charge in [0, 0.05) is 0 Å². The summed E-state index contributed by atoms with van der Waals surface area (Å²) in [6.45, 7) is 9.57. The molecule has 0 aliphatic heterocycles. The van der Waals surface area contributed by atoms with Crippen LogP contribution in [-0.2, 0) is 0 Å². The topological polar surface area (TPSA) is 0 Å². The molecule has 0 spiro atoms. The lowest BCUT2D eigenvalue weighted by molar-refractivity contribution is 0.123. The van der Waals surface area contributed by atoms with Crippen LogP contribution < -0.4 is 0 Å². The second kappa shape index (κ2) is 5.78. The van der Waals surface area contributed by atoms with Crippen molar-refractivity contribution in [1.29, 1.82) is 0 Å². The predicted octanol–water partition coefficient (Wildman–Crippen LogP) is 4.89. The molecule has 0 heterocycles. The zero-order valence-corrected chi connectivity index (χ0v) is 10.6. The van der Waals surface area contributed by atoms with Gasteiger partial charge in [0.25, 0.3) is 0 Å². The number of rotatable bonds is 6. The van der Waals surface area contributed by atoms with E-state index < -0.39 is 0 Å². The maximum atomic E-state index is 2.46. The Bertz CT molecular complexity index is 148. The van der Waals surface area contributed by atoms with Gasteiger partial charge in [-0.3, -0.25) is 0 Å². The monoisotopic (exact) mass is 196 g/mol. The third kappa shape index (κ3) is 3.00. The molecule has 0 saturated heterocycles. The summed E-state index contributed by atoms with van der Waals surface area (Å²) in [6.07, 6.45) is 8.72. The van der Waals surface area contributed by atoms with Crippen LogP contribution in [0.4, 0.5) is 0 Å². The molecule has 0 heteroatoms. The highest BCUT2D eigenvalue weighted by Crippen LogP contribution is 2.42. The smallest absolute Gasteiger partial charge is 0.0383 e. The van der Waals surface area contributed by atoms with Crippen molar-refractivity contribution in [2.24, 2.45) is 23.7 Å². The van der Waals surface area contributed by atoms with Gasteiger partial charge in [-0.25, -0.2) is 0 Å². The molecular formula is C14H28. The minimum Gasteiger partial charge on any atom is -0.0654 e. The van der Waals surface area contributed by atoms with Gasteiger partial charge in [-0.15, -0.1) is 0 Å². The van der Waals surface area contributed by atoms with Gasteiger partial charge >= 0.3 is 0 Å². The van der Waals surface area contributed by atoms with Crippen molar-refractivity contribution in [2.45, 2.75) is 66.2 Å². The SMILES string of the molecule is CCCC(C)C(C)CC1CCC1CC. The fraction of sp³-hybridized carbons (Fsp3) is 1.00. The third-order valence-electron chi connectivity index (χ3n) is 4.49. The lowest BCUT2D eigenvalue weighted by Crippen LogP contribution is -2.28. The van der Waals surface area contributed by atoms with E-state index in [4.69, 9.17) is 0 Å². The molecule has 1 fully saturated rings. The molecule has 1 saturated carbocycles. The summed E-state index contributed by atoms with van der Waals surface area (Å²) in [7, 11) is 0. The molecule has 0 aromatic heterocycles. The minimum atomic E-state index is 0.943. The first-order valence-corrected chi connectivity index (χ1v) is 6.69. The van der Waals surface area contributed by atoms with Gasteiger partial charge in [-0.1, -0.05) is 47.0 Å². The molecule has 0 bridgehead atoms. The summed E-state index contributed by atoms with van der Waals surface area (Å²) in [4.78, 5) is 0. The highest BCUT2D eigenvalue weighted by atomic mass is 14.4. The zero-order chi connectivity index (χ0) is 10.6. The van der Waals surface area contributed by atoms with Crippen molar-refractivity contribution in [3.63, 3.8) is 0 Å². The highest BCUT2D eigenvalue weighted by molar-refractivity contribution is 4.81. The molecule has 84 valence electrons. The van der Waals surface area contributed by atoms with E-state index in [-0.39, 0.29) is 0 Å². The van der Waals surface area contributed by atoms with E-state index in [1.807, 2.05) is 0 Å². The van der Waals surface area contributed by atoms with Crippen LogP contribution in [0.15, 0.2) is 0 Å². The summed E-state index contributed by atoms with van der Waals surface area (Å²) in [5.41, 5.74) is 0. The quantitative estimate of drug-likeness (QED) is 0.567. The Morgan fingerprint density at radius 2 is 1.64 bits per heavy atom. The Labute approximate surface area is 90.5 Å². The van der Waals surface area contributed by atoms with Crippen molar-refractivity contribution in [2.75, 3.05) is 0 Å². The summed E-state index contributed by atoms with van der Waals surface area (Å²) in [5.74, 6) is 4.05. The van der Waals surface area contributed by atoms with E-state index in [1.54, 1.807) is 0 Å². The standard InChI is InChI=1S/C14H28/c1-5-7-11(3)12(4)10-14-9-8-13(14)6-2/h11-14H,5-10H2,1-4H3.